The Morgan fingerprint density at radius 3 is 2.73 bits per heavy atom. The van der Waals surface area contributed by atoms with E-state index in [1.165, 1.54) is 4.90 Å². The molecule has 11 heteroatoms. The van der Waals surface area contributed by atoms with Gasteiger partial charge in [-0.2, -0.15) is 0 Å². The van der Waals surface area contributed by atoms with Gasteiger partial charge in [-0.05, 0) is 54.3 Å². The van der Waals surface area contributed by atoms with Gasteiger partial charge in [-0.1, -0.05) is 6.07 Å². The highest BCUT2D eigenvalue weighted by molar-refractivity contribution is 5.94. The third-order valence-corrected chi connectivity index (χ3v) is 6.75. The third-order valence-electron chi connectivity index (χ3n) is 6.75. The quantitative estimate of drug-likeness (QED) is 0.497. The van der Waals surface area contributed by atoms with Crippen molar-refractivity contribution in [1.29, 1.82) is 0 Å². The fourth-order valence-electron chi connectivity index (χ4n) is 4.58. The van der Waals surface area contributed by atoms with Gasteiger partial charge in [0.1, 0.15) is 24.3 Å². The number of nitrogens with zero attached hydrogens (tertiary/aromatic N) is 4. The molecule has 0 spiro atoms. The van der Waals surface area contributed by atoms with Gasteiger partial charge < -0.3 is 24.5 Å². The second-order valence-electron chi connectivity index (χ2n) is 9.47. The molecule has 2 aromatic heterocycles. The lowest BCUT2D eigenvalue weighted by Crippen LogP contribution is -2.50. The number of pyridine rings is 1. The van der Waals surface area contributed by atoms with E-state index in [-0.39, 0.29) is 24.3 Å². The number of benzene rings is 1. The molecule has 4 atom stereocenters. The van der Waals surface area contributed by atoms with E-state index >= 15 is 0 Å². The summed E-state index contributed by atoms with van der Waals surface area (Å²) in [5.41, 5.74) is 2.59. The van der Waals surface area contributed by atoms with E-state index in [1.807, 2.05) is 25.1 Å². The highest BCUT2D eigenvalue weighted by Crippen LogP contribution is 2.47. The average molecular weight is 510 g/mol. The van der Waals surface area contributed by atoms with E-state index in [4.69, 9.17) is 14.3 Å². The fraction of sp³-hybridized carbons (Fsp3) is 0.423. The lowest BCUT2D eigenvalue weighted by atomic mass is 10.0. The second-order valence-corrected chi connectivity index (χ2v) is 9.47. The summed E-state index contributed by atoms with van der Waals surface area (Å²) in [7, 11) is 0. The number of anilines is 1. The zero-order valence-corrected chi connectivity index (χ0v) is 20.6. The molecule has 1 aromatic carbocycles. The summed E-state index contributed by atoms with van der Waals surface area (Å²) >= 11 is 0. The molecule has 1 saturated carbocycles. The smallest absolute Gasteiger partial charge is 0.248 e. The van der Waals surface area contributed by atoms with Crippen molar-refractivity contribution < 1.29 is 28.2 Å². The molecule has 194 valence electrons. The van der Waals surface area contributed by atoms with E-state index in [0.29, 0.717) is 42.7 Å². The molecule has 3 aromatic rings. The average Bonchev–Trinajstić information content (AvgIpc) is 3.59. The van der Waals surface area contributed by atoms with Crippen LogP contribution in [0, 0.1) is 19.8 Å². The number of aliphatic hydroxyl groups is 1. The first-order valence-corrected chi connectivity index (χ1v) is 12.2. The summed E-state index contributed by atoms with van der Waals surface area (Å²) < 4.78 is 26.0. The summed E-state index contributed by atoms with van der Waals surface area (Å²) in [5, 5.41) is 19.7. The van der Waals surface area contributed by atoms with E-state index in [9.17, 15) is 14.0 Å². The van der Waals surface area contributed by atoms with Crippen molar-refractivity contribution in [2.24, 2.45) is 5.92 Å². The molecule has 0 radical (unpaired) electrons. The van der Waals surface area contributed by atoms with Gasteiger partial charge in [-0.15, -0.1) is 10.2 Å². The maximum atomic E-state index is 14.6. The maximum Gasteiger partial charge on any atom is 0.248 e. The molecular formula is C26H28FN5O5. The first-order chi connectivity index (χ1) is 17.8. The van der Waals surface area contributed by atoms with Crippen molar-refractivity contribution in [3.05, 3.63) is 53.9 Å². The molecule has 5 rings (SSSR count). The van der Waals surface area contributed by atoms with E-state index in [0.717, 1.165) is 16.7 Å². The van der Waals surface area contributed by atoms with Crippen LogP contribution in [0.3, 0.4) is 0 Å². The van der Waals surface area contributed by atoms with Gasteiger partial charge in [-0.3, -0.25) is 9.59 Å². The van der Waals surface area contributed by atoms with Crippen LogP contribution in [-0.2, 0) is 9.59 Å². The van der Waals surface area contributed by atoms with Crippen molar-refractivity contribution in [1.82, 2.24) is 20.1 Å². The van der Waals surface area contributed by atoms with Crippen LogP contribution in [0.4, 0.5) is 10.2 Å². The molecule has 1 saturated heterocycles. The fourth-order valence-corrected chi connectivity index (χ4v) is 4.58. The molecule has 2 aliphatic rings. The summed E-state index contributed by atoms with van der Waals surface area (Å²) in [6.45, 7) is 3.22. The number of ether oxygens (including phenoxy) is 1. The van der Waals surface area contributed by atoms with Gasteiger partial charge in [0, 0.05) is 32.0 Å². The predicted octanol–water partition coefficient (Wildman–Crippen LogP) is 2.80. The number of carbonyl (C=O) groups excluding carboxylic acids is 2. The van der Waals surface area contributed by atoms with Gasteiger partial charge in [0.15, 0.2) is 6.17 Å². The summed E-state index contributed by atoms with van der Waals surface area (Å²) in [4.78, 5) is 29.9. The number of hydrogen-bond acceptors (Lipinski definition) is 8. The van der Waals surface area contributed by atoms with E-state index in [2.05, 4.69) is 20.5 Å². The normalized spacial score (nSPS) is 23.0. The van der Waals surface area contributed by atoms with Crippen LogP contribution in [-0.4, -0.2) is 69.0 Å². The highest BCUT2D eigenvalue weighted by Gasteiger charge is 2.47. The molecule has 2 amide bonds. The monoisotopic (exact) mass is 509 g/mol. The number of aryl methyl sites for hydroxylation is 2. The number of aliphatic hydroxyl groups excluding tert-OH is 1. The number of nitrogens with one attached hydrogen (secondary N) is 1. The van der Waals surface area contributed by atoms with Gasteiger partial charge in [0.2, 0.25) is 23.6 Å². The lowest BCUT2D eigenvalue weighted by molar-refractivity contribution is -0.138. The number of amides is 2. The molecule has 0 unspecified atom stereocenters. The van der Waals surface area contributed by atoms with E-state index in [1.54, 1.807) is 25.3 Å². The highest BCUT2D eigenvalue weighted by atomic mass is 19.1. The number of piperidine rings is 1. The zero-order valence-electron chi connectivity index (χ0n) is 20.6. The Morgan fingerprint density at radius 2 is 2.03 bits per heavy atom. The van der Waals surface area contributed by atoms with E-state index < -0.39 is 24.8 Å². The van der Waals surface area contributed by atoms with Crippen molar-refractivity contribution >= 4 is 17.6 Å². The van der Waals surface area contributed by atoms with Crippen LogP contribution in [0.1, 0.15) is 36.1 Å². The Labute approximate surface area is 212 Å². The molecule has 3 heterocycles. The Morgan fingerprint density at radius 1 is 1.22 bits per heavy atom. The first kappa shape index (κ1) is 24.8. The summed E-state index contributed by atoms with van der Waals surface area (Å²) in [5.74, 6) is 1.07. The van der Waals surface area contributed by atoms with Crippen LogP contribution in [0.2, 0.25) is 0 Å². The standard InChI is InChI=1S/C26H28FN5O5/c1-14-9-16(3-4-21(14)37-22-6-8-32(12-20(22)27)24(34)13-33)17-5-7-28-23(10-17)29-25(35)18-11-19(18)26-31-30-15(2)36-26/h3-5,7,9-10,18-20,22,33H,6,8,11-13H2,1-2H3,(H,28,29,35)/t18-,19-,20-,22+/m1/s1. The summed E-state index contributed by atoms with van der Waals surface area (Å²) in [6, 6.07) is 9.24. The third kappa shape index (κ3) is 5.46. The van der Waals surface area contributed by atoms with Crippen LogP contribution in [0.5, 0.6) is 5.75 Å². The Hall–Kier alpha value is -3.86. The number of halogens is 1. The van der Waals surface area contributed by atoms with Gasteiger partial charge in [-0.25, -0.2) is 9.37 Å². The lowest BCUT2D eigenvalue weighted by Gasteiger charge is -2.34. The molecule has 10 nitrogen and oxygen atoms in total. The first-order valence-electron chi connectivity index (χ1n) is 12.2. The van der Waals surface area contributed by atoms with Crippen molar-refractivity contribution in [3.63, 3.8) is 0 Å². The Bertz CT molecular complexity index is 1310. The minimum atomic E-state index is -1.34. The molecule has 1 aliphatic heterocycles. The van der Waals surface area contributed by atoms with Crippen molar-refractivity contribution in [3.8, 4) is 16.9 Å². The van der Waals surface area contributed by atoms with Gasteiger partial charge in [0.05, 0.1) is 12.5 Å². The largest absolute Gasteiger partial charge is 0.487 e. The van der Waals surface area contributed by atoms with Crippen LogP contribution >= 0.6 is 0 Å². The molecular weight excluding hydrogens is 481 g/mol. The van der Waals surface area contributed by atoms with Gasteiger partial charge in [0.25, 0.3) is 0 Å². The minimum absolute atomic E-state index is 0.0640. The maximum absolute atomic E-state index is 14.6. The van der Waals surface area contributed by atoms with Crippen molar-refractivity contribution in [2.45, 2.75) is 44.9 Å². The number of rotatable bonds is 7. The van der Waals surface area contributed by atoms with Gasteiger partial charge >= 0.3 is 0 Å². The zero-order chi connectivity index (χ0) is 26.1. The number of carbonyl (C=O) groups is 2. The number of aromatic nitrogens is 3. The molecule has 37 heavy (non-hydrogen) atoms. The van der Waals surface area contributed by atoms with Crippen LogP contribution in [0.15, 0.2) is 40.9 Å². The van der Waals surface area contributed by atoms with Crippen molar-refractivity contribution in [2.75, 3.05) is 25.0 Å². The molecule has 1 aliphatic carbocycles. The van der Waals surface area contributed by atoms with Crippen LogP contribution < -0.4 is 10.1 Å². The van der Waals surface area contributed by atoms with Crippen LogP contribution in [0.25, 0.3) is 11.1 Å². The summed E-state index contributed by atoms with van der Waals surface area (Å²) in [6.07, 6.45) is 0.618. The minimum Gasteiger partial charge on any atom is -0.487 e. The molecule has 0 bridgehead atoms. The topological polar surface area (TPSA) is 131 Å². The predicted molar refractivity (Wildman–Crippen MR) is 131 cm³/mol. The number of hydrogen-bond donors (Lipinski definition) is 2. The Balaban J connectivity index is 1.21. The molecule has 2 fully saturated rings. The SMILES string of the molecule is Cc1nnc([C@@H]2C[C@H]2C(=O)Nc2cc(-c3ccc(O[C@H]4CCN(C(=O)CO)C[C@H]4F)c(C)c3)ccn2)o1. The molecule has 2 N–H and O–H groups in total. The second kappa shape index (κ2) is 10.3. The number of alkyl halides is 1. The Kier molecular flexibility index (Phi) is 6.88. The number of likely N-dealkylation sites (tertiary alicyclic amines) is 1.